The number of carbonyl (C=O) groups is 2. The van der Waals surface area contributed by atoms with Crippen LogP contribution in [-0.4, -0.2) is 22.6 Å². The van der Waals surface area contributed by atoms with E-state index in [1.165, 1.54) is 5.56 Å². The van der Waals surface area contributed by atoms with Gasteiger partial charge in [0.15, 0.2) is 5.78 Å². The highest BCUT2D eigenvalue weighted by Crippen LogP contribution is 2.30. The number of hydrogen-bond acceptors (Lipinski definition) is 3. The Kier molecular flexibility index (Phi) is 5.51. The van der Waals surface area contributed by atoms with E-state index in [0.29, 0.717) is 30.6 Å². The van der Waals surface area contributed by atoms with Crippen LogP contribution in [-0.2, 0) is 12.8 Å². The topological polar surface area (TPSA) is 76.6 Å². The fraction of sp³-hybridized carbons (Fsp3) is 0.238. The maximum absolute atomic E-state index is 12.4. The van der Waals surface area contributed by atoms with Crippen LogP contribution >= 0.6 is 12.4 Å². The molecule has 2 heterocycles. The first-order chi connectivity index (χ1) is 12.6. The molecular weight excluding hydrogens is 362 g/mol. The maximum Gasteiger partial charge on any atom is 0.251 e. The van der Waals surface area contributed by atoms with Crippen LogP contribution in [0.2, 0.25) is 0 Å². The zero-order valence-electron chi connectivity index (χ0n) is 14.9. The number of anilines is 1. The minimum absolute atomic E-state index is 0. The predicted molar refractivity (Wildman–Crippen MR) is 109 cm³/mol. The molecule has 0 saturated heterocycles. The van der Waals surface area contributed by atoms with Crippen molar-refractivity contribution in [1.29, 1.82) is 0 Å². The molecule has 0 unspecified atom stereocenters. The molecule has 27 heavy (non-hydrogen) atoms. The summed E-state index contributed by atoms with van der Waals surface area (Å²) in [6.45, 7) is 0.517. The first-order valence-electron chi connectivity index (χ1n) is 8.93. The lowest BCUT2D eigenvalue weighted by molar-refractivity contribution is 0.0949. The SMILES string of the molecule is Cl.Nc1cccc(C(=O)NCCc2c3c(n4ccccc24)C(=O)CCC3)c1. The Morgan fingerprint density at radius 3 is 2.81 bits per heavy atom. The Hall–Kier alpha value is -2.79. The molecule has 1 aliphatic rings. The summed E-state index contributed by atoms with van der Waals surface area (Å²) in [6, 6.07) is 12.9. The third-order valence-electron chi connectivity index (χ3n) is 4.96. The molecule has 1 aromatic carbocycles. The second-order valence-corrected chi connectivity index (χ2v) is 6.67. The number of nitrogens with zero attached hydrogens (tertiary/aromatic N) is 1. The van der Waals surface area contributed by atoms with E-state index in [2.05, 4.69) is 5.32 Å². The number of nitrogens with one attached hydrogen (secondary N) is 1. The summed E-state index contributed by atoms with van der Waals surface area (Å²) in [5.74, 6) is 0.0771. The van der Waals surface area contributed by atoms with Crippen LogP contribution in [0.5, 0.6) is 0 Å². The Morgan fingerprint density at radius 2 is 2.00 bits per heavy atom. The van der Waals surface area contributed by atoms with Crippen molar-refractivity contribution in [2.75, 3.05) is 12.3 Å². The van der Waals surface area contributed by atoms with Gasteiger partial charge in [0.2, 0.25) is 0 Å². The van der Waals surface area contributed by atoms with Gasteiger partial charge >= 0.3 is 0 Å². The minimum Gasteiger partial charge on any atom is -0.399 e. The number of aromatic nitrogens is 1. The number of halogens is 1. The third kappa shape index (κ3) is 3.55. The van der Waals surface area contributed by atoms with Gasteiger partial charge in [0.1, 0.15) is 0 Å². The molecule has 6 heteroatoms. The van der Waals surface area contributed by atoms with Crippen molar-refractivity contribution in [1.82, 2.24) is 9.72 Å². The molecule has 0 atom stereocenters. The first kappa shape index (κ1) is 19.0. The Bertz CT molecular complexity index is 1010. The van der Waals surface area contributed by atoms with E-state index in [0.717, 1.165) is 29.6 Å². The standard InChI is InChI=1S/C21H21N3O2.ClH/c22-15-6-3-5-14(13-15)21(26)23-11-10-16-17-7-4-9-19(25)20(17)24-12-2-1-8-18(16)24;/h1-3,5-6,8,12-13H,4,7,9-11,22H2,(H,23,26);1H. The van der Waals surface area contributed by atoms with Crippen molar-refractivity contribution in [3.63, 3.8) is 0 Å². The Labute approximate surface area is 164 Å². The second-order valence-electron chi connectivity index (χ2n) is 6.67. The molecule has 1 aliphatic carbocycles. The van der Waals surface area contributed by atoms with Gasteiger partial charge in [-0.1, -0.05) is 12.1 Å². The van der Waals surface area contributed by atoms with E-state index in [1.54, 1.807) is 24.3 Å². The molecule has 4 rings (SSSR count). The van der Waals surface area contributed by atoms with Gasteiger partial charge in [-0.2, -0.15) is 0 Å². The third-order valence-corrected chi connectivity index (χ3v) is 4.96. The number of carbonyl (C=O) groups excluding carboxylic acids is 2. The van der Waals surface area contributed by atoms with Crippen molar-refractivity contribution >= 4 is 35.3 Å². The van der Waals surface area contributed by atoms with E-state index < -0.39 is 0 Å². The number of pyridine rings is 1. The maximum atomic E-state index is 12.4. The van der Waals surface area contributed by atoms with Crippen LogP contribution < -0.4 is 11.1 Å². The van der Waals surface area contributed by atoms with Crippen molar-refractivity contribution in [2.45, 2.75) is 25.7 Å². The fourth-order valence-electron chi connectivity index (χ4n) is 3.80. The number of nitrogens with two attached hydrogens (primary N) is 1. The molecule has 0 fully saturated rings. The van der Waals surface area contributed by atoms with Crippen LogP contribution in [0.4, 0.5) is 5.69 Å². The fourth-order valence-corrected chi connectivity index (χ4v) is 3.80. The summed E-state index contributed by atoms with van der Waals surface area (Å²) in [5.41, 5.74) is 11.1. The van der Waals surface area contributed by atoms with Crippen LogP contribution in [0.25, 0.3) is 5.52 Å². The number of benzene rings is 1. The van der Waals surface area contributed by atoms with Gasteiger partial charge in [0.05, 0.1) is 5.69 Å². The van der Waals surface area contributed by atoms with Gasteiger partial charge in [-0.15, -0.1) is 12.4 Å². The largest absolute Gasteiger partial charge is 0.399 e. The van der Waals surface area contributed by atoms with Crippen molar-refractivity contribution in [2.24, 2.45) is 0 Å². The lowest BCUT2D eigenvalue weighted by Crippen LogP contribution is -2.26. The van der Waals surface area contributed by atoms with Crippen molar-refractivity contribution in [3.8, 4) is 0 Å². The van der Waals surface area contributed by atoms with E-state index in [4.69, 9.17) is 5.73 Å². The highest BCUT2D eigenvalue weighted by atomic mass is 35.5. The smallest absolute Gasteiger partial charge is 0.251 e. The molecular formula is C21H22ClN3O2. The van der Waals surface area contributed by atoms with Gasteiger partial charge in [0, 0.05) is 35.9 Å². The van der Waals surface area contributed by atoms with Crippen LogP contribution in [0.15, 0.2) is 48.7 Å². The molecule has 5 nitrogen and oxygen atoms in total. The van der Waals surface area contributed by atoms with Crippen LogP contribution in [0, 0.1) is 0 Å². The van der Waals surface area contributed by atoms with Gasteiger partial charge < -0.3 is 15.5 Å². The number of fused-ring (bicyclic) bond motifs is 3. The summed E-state index contributed by atoms with van der Waals surface area (Å²) in [5, 5.41) is 2.96. The molecule has 2 aromatic heterocycles. The van der Waals surface area contributed by atoms with E-state index in [9.17, 15) is 9.59 Å². The lowest BCUT2D eigenvalue weighted by Gasteiger charge is -2.12. The van der Waals surface area contributed by atoms with Crippen molar-refractivity contribution < 1.29 is 9.59 Å². The Balaban J connectivity index is 0.00000210. The Morgan fingerprint density at radius 1 is 1.15 bits per heavy atom. The molecule has 0 bridgehead atoms. The zero-order chi connectivity index (χ0) is 18.1. The molecule has 0 aliphatic heterocycles. The van der Waals surface area contributed by atoms with Crippen LogP contribution in [0.3, 0.4) is 0 Å². The van der Waals surface area contributed by atoms with E-state index in [-0.39, 0.29) is 24.1 Å². The van der Waals surface area contributed by atoms with Gasteiger partial charge in [-0.25, -0.2) is 0 Å². The summed E-state index contributed by atoms with van der Waals surface area (Å²) in [7, 11) is 0. The molecule has 1 amide bonds. The van der Waals surface area contributed by atoms with Gasteiger partial charge in [0.25, 0.3) is 5.91 Å². The van der Waals surface area contributed by atoms with Crippen molar-refractivity contribution in [3.05, 3.63) is 71.0 Å². The average Bonchev–Trinajstić information content (AvgIpc) is 2.97. The average molecular weight is 384 g/mol. The van der Waals surface area contributed by atoms with E-state index >= 15 is 0 Å². The number of ketones is 1. The molecule has 0 radical (unpaired) electrons. The molecule has 140 valence electrons. The normalized spacial score (nSPS) is 13.1. The molecule has 3 N–H and O–H groups in total. The molecule has 3 aromatic rings. The number of rotatable bonds is 4. The summed E-state index contributed by atoms with van der Waals surface area (Å²) in [4.78, 5) is 24.7. The number of amides is 1. The van der Waals surface area contributed by atoms with Gasteiger partial charge in [-0.05, 0) is 60.7 Å². The summed E-state index contributed by atoms with van der Waals surface area (Å²) < 4.78 is 2.01. The number of hydrogen-bond donors (Lipinski definition) is 2. The number of Topliss-reactive ketones (excluding diaryl/α,β-unsaturated/α-hetero) is 1. The number of nitrogen functional groups attached to an aromatic ring is 1. The van der Waals surface area contributed by atoms with Gasteiger partial charge in [-0.3, -0.25) is 9.59 Å². The molecule has 0 saturated carbocycles. The molecule has 0 spiro atoms. The highest BCUT2D eigenvalue weighted by molar-refractivity contribution is 5.99. The monoisotopic (exact) mass is 383 g/mol. The van der Waals surface area contributed by atoms with E-state index in [1.807, 2.05) is 28.8 Å². The second kappa shape index (κ2) is 7.84. The first-order valence-corrected chi connectivity index (χ1v) is 8.93. The predicted octanol–water partition coefficient (Wildman–Crippen LogP) is 3.43. The summed E-state index contributed by atoms with van der Waals surface area (Å²) in [6.07, 6.45) is 5.07. The minimum atomic E-state index is -0.134. The quantitative estimate of drug-likeness (QED) is 0.677. The zero-order valence-corrected chi connectivity index (χ0v) is 15.7. The summed E-state index contributed by atoms with van der Waals surface area (Å²) >= 11 is 0. The lowest BCUT2D eigenvalue weighted by atomic mass is 9.92. The van der Waals surface area contributed by atoms with Crippen LogP contribution in [0.1, 0.15) is 44.8 Å². The highest BCUT2D eigenvalue weighted by Gasteiger charge is 2.25.